The number of amides is 1. The predicted octanol–water partition coefficient (Wildman–Crippen LogP) is 1.03. The van der Waals surface area contributed by atoms with Gasteiger partial charge in [-0.3, -0.25) is 4.79 Å². The summed E-state index contributed by atoms with van der Waals surface area (Å²) in [6.07, 6.45) is 0.0137. The van der Waals surface area contributed by atoms with Gasteiger partial charge in [0.25, 0.3) is 0 Å². The molecule has 0 bridgehead atoms. The van der Waals surface area contributed by atoms with E-state index in [2.05, 4.69) is 0 Å². The van der Waals surface area contributed by atoms with E-state index >= 15 is 0 Å². The van der Waals surface area contributed by atoms with Crippen LogP contribution in [-0.4, -0.2) is 51.8 Å². The van der Waals surface area contributed by atoms with Crippen LogP contribution in [0.4, 0.5) is 0 Å². The van der Waals surface area contributed by atoms with Crippen LogP contribution in [0.2, 0.25) is 0 Å². The lowest BCUT2D eigenvalue weighted by Crippen LogP contribution is -2.33. The highest BCUT2D eigenvalue weighted by Crippen LogP contribution is 2.25. The first-order valence-corrected chi connectivity index (χ1v) is 6.73. The fourth-order valence-electron chi connectivity index (χ4n) is 1.94. The van der Waals surface area contributed by atoms with Crippen molar-refractivity contribution in [3.05, 3.63) is 23.8 Å². The van der Waals surface area contributed by atoms with E-state index in [1.54, 1.807) is 39.3 Å². The van der Waals surface area contributed by atoms with Crippen molar-refractivity contribution in [3.63, 3.8) is 0 Å². The van der Waals surface area contributed by atoms with Gasteiger partial charge in [-0.2, -0.15) is 0 Å². The molecule has 2 N–H and O–H groups in total. The number of hydrogen-bond donors (Lipinski definition) is 1. The van der Waals surface area contributed by atoms with Crippen LogP contribution in [0.25, 0.3) is 0 Å². The summed E-state index contributed by atoms with van der Waals surface area (Å²) in [7, 11) is 6.49. The lowest BCUT2D eigenvalue weighted by Gasteiger charge is -2.21. The lowest BCUT2D eigenvalue weighted by molar-refractivity contribution is -0.132. The Bertz CT molecular complexity index is 461. The van der Waals surface area contributed by atoms with Gasteiger partial charge in [-0.25, -0.2) is 0 Å². The first-order chi connectivity index (χ1) is 10.0. The van der Waals surface area contributed by atoms with E-state index in [1.807, 2.05) is 12.1 Å². The minimum atomic E-state index is -0.252. The van der Waals surface area contributed by atoms with E-state index in [0.29, 0.717) is 24.6 Å². The maximum absolute atomic E-state index is 12.1. The fraction of sp³-hybridized carbons (Fsp3) is 0.533. The molecular formula is C15H24N2O4. The molecule has 0 saturated carbocycles. The average Bonchev–Trinajstić information content (AvgIpc) is 2.52. The van der Waals surface area contributed by atoms with Crippen molar-refractivity contribution >= 4 is 5.91 Å². The molecule has 0 aliphatic carbocycles. The van der Waals surface area contributed by atoms with Crippen LogP contribution in [-0.2, 0) is 16.1 Å². The summed E-state index contributed by atoms with van der Waals surface area (Å²) >= 11 is 0. The molecule has 0 aliphatic heterocycles. The Morgan fingerprint density at radius 1 is 1.29 bits per heavy atom. The van der Waals surface area contributed by atoms with Gasteiger partial charge < -0.3 is 24.8 Å². The Morgan fingerprint density at radius 2 is 2.00 bits per heavy atom. The SMILES string of the molecule is COc1ccc(CN(C)C(=O)CC(CN)OC)c(OC)c1. The molecule has 1 aromatic carbocycles. The van der Waals surface area contributed by atoms with Crippen LogP contribution in [0.3, 0.4) is 0 Å². The molecule has 6 nitrogen and oxygen atoms in total. The first kappa shape index (κ1) is 17.3. The molecule has 0 aromatic heterocycles. The van der Waals surface area contributed by atoms with Crippen molar-refractivity contribution in [1.82, 2.24) is 4.90 Å². The van der Waals surface area contributed by atoms with Crippen molar-refractivity contribution in [3.8, 4) is 11.5 Å². The van der Waals surface area contributed by atoms with Gasteiger partial charge in [-0.15, -0.1) is 0 Å². The zero-order chi connectivity index (χ0) is 15.8. The maximum atomic E-state index is 12.1. The van der Waals surface area contributed by atoms with Gasteiger partial charge >= 0.3 is 0 Å². The van der Waals surface area contributed by atoms with E-state index in [0.717, 1.165) is 5.56 Å². The van der Waals surface area contributed by atoms with Gasteiger partial charge in [-0.05, 0) is 12.1 Å². The second-order valence-electron chi connectivity index (χ2n) is 4.73. The highest BCUT2D eigenvalue weighted by atomic mass is 16.5. The molecule has 1 aromatic rings. The van der Waals surface area contributed by atoms with Crippen molar-refractivity contribution in [1.29, 1.82) is 0 Å². The number of nitrogens with zero attached hydrogens (tertiary/aromatic N) is 1. The summed E-state index contributed by atoms with van der Waals surface area (Å²) in [5, 5.41) is 0. The van der Waals surface area contributed by atoms with Crippen molar-refractivity contribution in [2.75, 3.05) is 34.9 Å². The second kappa shape index (κ2) is 8.49. The van der Waals surface area contributed by atoms with Crippen LogP contribution in [0.5, 0.6) is 11.5 Å². The largest absolute Gasteiger partial charge is 0.497 e. The smallest absolute Gasteiger partial charge is 0.225 e. The second-order valence-corrected chi connectivity index (χ2v) is 4.73. The third kappa shape index (κ3) is 4.91. The molecule has 1 amide bonds. The number of carbonyl (C=O) groups excluding carboxylic acids is 1. The van der Waals surface area contributed by atoms with E-state index in [4.69, 9.17) is 19.9 Å². The van der Waals surface area contributed by atoms with Crippen molar-refractivity contribution in [2.45, 2.75) is 19.1 Å². The maximum Gasteiger partial charge on any atom is 0.225 e. The molecule has 1 rings (SSSR count). The van der Waals surface area contributed by atoms with E-state index in [9.17, 15) is 4.79 Å². The molecule has 0 fully saturated rings. The van der Waals surface area contributed by atoms with Gasteiger partial charge in [0, 0.05) is 38.9 Å². The summed E-state index contributed by atoms with van der Waals surface area (Å²) in [5.41, 5.74) is 6.45. The average molecular weight is 296 g/mol. The summed E-state index contributed by atoms with van der Waals surface area (Å²) in [6, 6.07) is 5.53. The molecule has 6 heteroatoms. The van der Waals surface area contributed by atoms with Gasteiger partial charge in [0.2, 0.25) is 5.91 Å². The minimum absolute atomic E-state index is 0.0230. The Hall–Kier alpha value is -1.79. The Balaban J connectivity index is 2.73. The number of methoxy groups -OCH3 is 3. The molecule has 1 atom stereocenters. The number of carbonyl (C=O) groups is 1. The third-order valence-corrected chi connectivity index (χ3v) is 3.33. The Morgan fingerprint density at radius 3 is 2.52 bits per heavy atom. The van der Waals surface area contributed by atoms with Crippen LogP contribution in [0.15, 0.2) is 18.2 Å². The van der Waals surface area contributed by atoms with E-state index in [-0.39, 0.29) is 18.4 Å². The number of hydrogen-bond acceptors (Lipinski definition) is 5. The molecular weight excluding hydrogens is 272 g/mol. The van der Waals surface area contributed by atoms with Crippen molar-refractivity contribution < 1.29 is 19.0 Å². The quantitative estimate of drug-likeness (QED) is 0.775. The fourth-order valence-corrected chi connectivity index (χ4v) is 1.94. The summed E-state index contributed by atoms with van der Waals surface area (Å²) in [6.45, 7) is 0.773. The summed E-state index contributed by atoms with van der Waals surface area (Å²) < 4.78 is 15.6. The van der Waals surface area contributed by atoms with Crippen LogP contribution in [0.1, 0.15) is 12.0 Å². The molecule has 0 heterocycles. The van der Waals surface area contributed by atoms with Crippen LogP contribution >= 0.6 is 0 Å². The molecule has 0 radical (unpaired) electrons. The van der Waals surface area contributed by atoms with E-state index in [1.165, 1.54) is 0 Å². The molecule has 0 aliphatic rings. The Kier molecular flexibility index (Phi) is 6.98. The van der Waals surface area contributed by atoms with Gasteiger partial charge in [-0.1, -0.05) is 0 Å². The van der Waals surface area contributed by atoms with Crippen molar-refractivity contribution in [2.24, 2.45) is 5.73 Å². The normalized spacial score (nSPS) is 11.9. The van der Waals surface area contributed by atoms with Gasteiger partial charge in [0.15, 0.2) is 0 Å². The molecule has 0 saturated heterocycles. The highest BCUT2D eigenvalue weighted by molar-refractivity contribution is 5.76. The van der Waals surface area contributed by atoms with Crippen LogP contribution < -0.4 is 15.2 Å². The molecule has 21 heavy (non-hydrogen) atoms. The summed E-state index contributed by atoms with van der Waals surface area (Å²) in [4.78, 5) is 13.8. The number of benzene rings is 1. The number of rotatable bonds is 8. The molecule has 0 spiro atoms. The summed E-state index contributed by atoms with van der Waals surface area (Å²) in [5.74, 6) is 1.38. The Labute approximate surface area is 125 Å². The predicted molar refractivity (Wildman–Crippen MR) is 80.5 cm³/mol. The first-order valence-electron chi connectivity index (χ1n) is 6.73. The van der Waals surface area contributed by atoms with Gasteiger partial charge in [0.05, 0.1) is 26.7 Å². The number of nitrogens with two attached hydrogens (primary N) is 1. The minimum Gasteiger partial charge on any atom is -0.497 e. The van der Waals surface area contributed by atoms with E-state index < -0.39 is 0 Å². The topological polar surface area (TPSA) is 74.0 Å². The zero-order valence-corrected chi connectivity index (χ0v) is 13.1. The van der Waals surface area contributed by atoms with Gasteiger partial charge in [0.1, 0.15) is 11.5 Å². The zero-order valence-electron chi connectivity index (χ0n) is 13.1. The monoisotopic (exact) mass is 296 g/mol. The third-order valence-electron chi connectivity index (χ3n) is 3.33. The number of ether oxygens (including phenoxy) is 3. The molecule has 1 unspecified atom stereocenters. The lowest BCUT2D eigenvalue weighted by atomic mass is 10.1. The highest BCUT2D eigenvalue weighted by Gasteiger charge is 2.17. The standard InChI is InChI=1S/C15H24N2O4/c1-17(15(18)8-13(9-16)20-3)10-11-5-6-12(19-2)7-14(11)21-4/h5-7,13H,8-10,16H2,1-4H3. The molecule has 118 valence electrons. The van der Waals surface area contributed by atoms with Crippen LogP contribution in [0, 0.1) is 0 Å².